The summed E-state index contributed by atoms with van der Waals surface area (Å²) >= 11 is 0. The fourth-order valence-electron chi connectivity index (χ4n) is 3.63. The molecule has 9 heteroatoms. The van der Waals surface area contributed by atoms with Crippen molar-refractivity contribution >= 4 is 18.0 Å². The van der Waals surface area contributed by atoms with Gasteiger partial charge in [-0.05, 0) is 57.0 Å². The smallest absolute Gasteiger partial charge is 0.408 e. The number of aromatic nitrogens is 2. The van der Waals surface area contributed by atoms with Crippen molar-refractivity contribution < 1.29 is 23.9 Å². The van der Waals surface area contributed by atoms with Crippen LogP contribution in [0.5, 0.6) is 0 Å². The molecule has 3 rings (SSSR count). The molecule has 1 aromatic carbocycles. The van der Waals surface area contributed by atoms with Gasteiger partial charge < -0.3 is 19.7 Å². The van der Waals surface area contributed by atoms with Crippen molar-refractivity contribution in [1.29, 1.82) is 0 Å². The highest BCUT2D eigenvalue weighted by Gasteiger charge is 2.29. The zero-order valence-electron chi connectivity index (χ0n) is 22.0. The van der Waals surface area contributed by atoms with Gasteiger partial charge in [0.2, 0.25) is 5.91 Å². The van der Waals surface area contributed by atoms with E-state index in [2.05, 4.69) is 15.3 Å². The average molecular weight is 519 g/mol. The minimum absolute atomic E-state index is 0.0368. The van der Waals surface area contributed by atoms with E-state index in [1.54, 1.807) is 50.2 Å². The Hall–Kier alpha value is -4.27. The van der Waals surface area contributed by atoms with E-state index < -0.39 is 23.7 Å². The maximum Gasteiger partial charge on any atom is 0.408 e. The first kappa shape index (κ1) is 28.3. The van der Waals surface area contributed by atoms with E-state index in [1.807, 2.05) is 54.6 Å². The Balaban J connectivity index is 1.77. The molecular weight excluding hydrogens is 484 g/mol. The number of esters is 1. The van der Waals surface area contributed by atoms with Crippen molar-refractivity contribution in [3.8, 4) is 0 Å². The van der Waals surface area contributed by atoms with Gasteiger partial charge in [0.25, 0.3) is 0 Å². The van der Waals surface area contributed by atoms with Crippen LogP contribution in [0, 0.1) is 0 Å². The Morgan fingerprint density at radius 3 is 1.97 bits per heavy atom. The second-order valence-electron chi connectivity index (χ2n) is 9.72. The molecule has 0 fully saturated rings. The highest BCUT2D eigenvalue weighted by molar-refractivity contribution is 5.86. The summed E-state index contributed by atoms with van der Waals surface area (Å²) in [6.07, 6.45) is 2.52. The lowest BCUT2D eigenvalue weighted by Gasteiger charge is -2.28. The molecular formula is C29H34N4O5. The summed E-state index contributed by atoms with van der Waals surface area (Å²) in [5.74, 6) is -0.850. The Kier molecular flexibility index (Phi) is 10.3. The maximum atomic E-state index is 13.8. The van der Waals surface area contributed by atoms with Gasteiger partial charge in [0.1, 0.15) is 18.2 Å². The molecule has 0 aliphatic heterocycles. The number of carbonyl (C=O) groups is 3. The minimum atomic E-state index is -1.03. The molecule has 1 atom stereocenters. The molecule has 0 bridgehead atoms. The van der Waals surface area contributed by atoms with Crippen molar-refractivity contribution in [2.75, 3.05) is 0 Å². The third-order valence-corrected chi connectivity index (χ3v) is 5.33. The van der Waals surface area contributed by atoms with Gasteiger partial charge in [0.05, 0.1) is 24.5 Å². The lowest BCUT2D eigenvalue weighted by atomic mass is 10.1. The van der Waals surface area contributed by atoms with E-state index in [0.717, 1.165) is 5.56 Å². The molecule has 200 valence electrons. The maximum absolute atomic E-state index is 13.8. The van der Waals surface area contributed by atoms with Crippen LogP contribution in [0.25, 0.3) is 0 Å². The number of carbonyl (C=O) groups excluding carboxylic acids is 3. The molecule has 0 aliphatic carbocycles. The SMILES string of the molecule is CC(C)(C)OC(=O)CC[C@H](NC(=O)OCc1ccccc1)C(=O)N(Cc1ccccn1)Cc1ccccn1. The first-order chi connectivity index (χ1) is 18.2. The van der Waals surface area contributed by atoms with Gasteiger partial charge in [0, 0.05) is 18.8 Å². The van der Waals surface area contributed by atoms with Crippen LogP contribution in [0.1, 0.15) is 50.6 Å². The zero-order valence-corrected chi connectivity index (χ0v) is 22.0. The van der Waals surface area contributed by atoms with Crippen LogP contribution in [0.3, 0.4) is 0 Å². The van der Waals surface area contributed by atoms with Gasteiger partial charge in [0.15, 0.2) is 0 Å². The zero-order chi connectivity index (χ0) is 27.4. The van der Waals surface area contributed by atoms with Crippen LogP contribution in [0.15, 0.2) is 79.1 Å². The quantitative estimate of drug-likeness (QED) is 0.374. The van der Waals surface area contributed by atoms with E-state index >= 15 is 0 Å². The number of hydrogen-bond acceptors (Lipinski definition) is 7. The van der Waals surface area contributed by atoms with E-state index in [4.69, 9.17) is 9.47 Å². The number of rotatable bonds is 11. The van der Waals surface area contributed by atoms with Crippen LogP contribution in [0.4, 0.5) is 4.79 Å². The molecule has 1 N–H and O–H groups in total. The summed E-state index contributed by atoms with van der Waals surface area (Å²) < 4.78 is 10.8. The third kappa shape index (κ3) is 10.0. The molecule has 2 aromatic heterocycles. The lowest BCUT2D eigenvalue weighted by molar-refractivity contribution is -0.155. The Bertz CT molecular complexity index is 1130. The molecule has 9 nitrogen and oxygen atoms in total. The number of benzene rings is 1. The van der Waals surface area contributed by atoms with E-state index in [-0.39, 0.29) is 38.4 Å². The molecule has 38 heavy (non-hydrogen) atoms. The summed E-state index contributed by atoms with van der Waals surface area (Å²) in [5.41, 5.74) is 1.50. The van der Waals surface area contributed by atoms with Gasteiger partial charge in [-0.1, -0.05) is 42.5 Å². The van der Waals surface area contributed by atoms with Gasteiger partial charge in [-0.25, -0.2) is 4.79 Å². The normalized spacial score (nSPS) is 11.8. The van der Waals surface area contributed by atoms with E-state index in [1.165, 1.54) is 0 Å². The van der Waals surface area contributed by atoms with Gasteiger partial charge in [-0.2, -0.15) is 0 Å². The van der Waals surface area contributed by atoms with Crippen molar-refractivity contribution in [1.82, 2.24) is 20.2 Å². The molecule has 2 heterocycles. The molecule has 0 aliphatic rings. The number of pyridine rings is 2. The highest BCUT2D eigenvalue weighted by atomic mass is 16.6. The van der Waals surface area contributed by atoms with Crippen molar-refractivity contribution in [2.45, 2.75) is 65.0 Å². The molecule has 0 saturated carbocycles. The second-order valence-corrected chi connectivity index (χ2v) is 9.72. The average Bonchev–Trinajstić information content (AvgIpc) is 2.90. The summed E-state index contributed by atoms with van der Waals surface area (Å²) in [5, 5.41) is 2.66. The predicted molar refractivity (Wildman–Crippen MR) is 141 cm³/mol. The van der Waals surface area contributed by atoms with Crippen LogP contribution in [-0.2, 0) is 38.8 Å². The van der Waals surface area contributed by atoms with Gasteiger partial charge >= 0.3 is 12.1 Å². The Labute approximate surface area is 223 Å². The van der Waals surface area contributed by atoms with Crippen LogP contribution in [0.2, 0.25) is 0 Å². The number of alkyl carbamates (subject to hydrolysis) is 1. The topological polar surface area (TPSA) is 111 Å². The van der Waals surface area contributed by atoms with Crippen molar-refractivity contribution in [2.24, 2.45) is 0 Å². The van der Waals surface area contributed by atoms with Crippen molar-refractivity contribution in [3.63, 3.8) is 0 Å². The highest BCUT2D eigenvalue weighted by Crippen LogP contribution is 2.14. The Morgan fingerprint density at radius 1 is 0.868 bits per heavy atom. The molecule has 0 unspecified atom stereocenters. The molecule has 0 spiro atoms. The van der Waals surface area contributed by atoms with Gasteiger partial charge in [-0.3, -0.25) is 19.6 Å². The van der Waals surface area contributed by atoms with Crippen LogP contribution in [-0.4, -0.2) is 44.5 Å². The summed E-state index contributed by atoms with van der Waals surface area (Å²) in [6.45, 7) is 5.75. The predicted octanol–water partition coefficient (Wildman–Crippen LogP) is 4.42. The monoisotopic (exact) mass is 518 g/mol. The number of nitrogens with one attached hydrogen (secondary N) is 1. The van der Waals surface area contributed by atoms with Crippen LogP contribution < -0.4 is 5.32 Å². The summed E-state index contributed by atoms with van der Waals surface area (Å²) in [4.78, 5) is 49.2. The molecule has 0 saturated heterocycles. The number of ether oxygens (including phenoxy) is 2. The third-order valence-electron chi connectivity index (χ3n) is 5.33. The van der Waals surface area contributed by atoms with Gasteiger partial charge in [-0.15, -0.1) is 0 Å². The fraction of sp³-hybridized carbons (Fsp3) is 0.345. The number of nitrogens with zero attached hydrogens (tertiary/aromatic N) is 3. The largest absolute Gasteiger partial charge is 0.460 e. The molecule has 2 amide bonds. The fourth-order valence-corrected chi connectivity index (χ4v) is 3.63. The lowest BCUT2D eigenvalue weighted by Crippen LogP contribution is -2.48. The summed E-state index contributed by atoms with van der Waals surface area (Å²) in [6, 6.07) is 19.1. The minimum Gasteiger partial charge on any atom is -0.460 e. The van der Waals surface area contributed by atoms with Crippen molar-refractivity contribution in [3.05, 3.63) is 96.1 Å². The molecule has 3 aromatic rings. The second kappa shape index (κ2) is 13.9. The first-order valence-electron chi connectivity index (χ1n) is 12.5. The van der Waals surface area contributed by atoms with E-state index in [0.29, 0.717) is 11.4 Å². The number of amides is 2. The number of hydrogen-bond donors (Lipinski definition) is 1. The first-order valence-corrected chi connectivity index (χ1v) is 12.5. The van der Waals surface area contributed by atoms with Crippen LogP contribution >= 0.6 is 0 Å². The Morgan fingerprint density at radius 2 is 1.45 bits per heavy atom. The standard InChI is InChI=1S/C29H34N4O5/c1-29(2,3)38-26(34)16-15-25(32-28(36)37-21-22-11-5-4-6-12-22)27(35)33(19-23-13-7-9-17-30-23)20-24-14-8-10-18-31-24/h4-14,17-18,25H,15-16,19-21H2,1-3H3,(H,32,36)/t25-/m0/s1. The van der Waals surface area contributed by atoms with E-state index in [9.17, 15) is 14.4 Å². The summed E-state index contributed by atoms with van der Waals surface area (Å²) in [7, 11) is 0. The molecule has 0 radical (unpaired) electrons.